The summed E-state index contributed by atoms with van der Waals surface area (Å²) in [4.78, 5) is 24.4. The van der Waals surface area contributed by atoms with Crippen LogP contribution in [0.3, 0.4) is 0 Å². The van der Waals surface area contributed by atoms with E-state index in [9.17, 15) is 4.79 Å². The Morgan fingerprint density at radius 1 is 1.26 bits per heavy atom. The van der Waals surface area contributed by atoms with Crippen molar-refractivity contribution in [2.75, 3.05) is 37.7 Å². The number of pyridine rings is 1. The van der Waals surface area contributed by atoms with Crippen LogP contribution in [-0.2, 0) is 16.8 Å². The molecule has 2 aromatic heterocycles. The van der Waals surface area contributed by atoms with Crippen LogP contribution in [-0.4, -0.2) is 54.7 Å². The van der Waals surface area contributed by atoms with E-state index in [0.717, 1.165) is 74.0 Å². The van der Waals surface area contributed by atoms with Crippen LogP contribution in [0.2, 0.25) is 0 Å². The van der Waals surface area contributed by atoms with Crippen molar-refractivity contribution in [3.63, 3.8) is 0 Å². The highest BCUT2D eigenvalue weighted by atomic mass is 32.1. The van der Waals surface area contributed by atoms with Crippen LogP contribution in [0.1, 0.15) is 41.7 Å². The van der Waals surface area contributed by atoms with Crippen LogP contribution >= 0.6 is 11.3 Å². The van der Waals surface area contributed by atoms with Gasteiger partial charge in [-0.2, -0.15) is 0 Å². The monoisotopic (exact) mass is 476 g/mol. The van der Waals surface area contributed by atoms with Gasteiger partial charge in [-0.05, 0) is 79.6 Å². The van der Waals surface area contributed by atoms with Crippen molar-refractivity contribution in [2.45, 2.75) is 50.7 Å². The minimum Gasteiger partial charge on any atom is -0.369 e. The summed E-state index contributed by atoms with van der Waals surface area (Å²) in [5, 5.41) is 7.90. The molecule has 34 heavy (non-hydrogen) atoms. The Morgan fingerprint density at radius 3 is 2.97 bits per heavy atom. The molecule has 0 unspecified atom stereocenters. The number of rotatable bonds is 2. The lowest BCUT2D eigenvalue weighted by Gasteiger charge is -2.45. The summed E-state index contributed by atoms with van der Waals surface area (Å²) in [6.45, 7) is 6.10. The Hall–Kier alpha value is -2.48. The highest BCUT2D eigenvalue weighted by molar-refractivity contribution is 7.10. The second kappa shape index (κ2) is 8.95. The molecule has 0 radical (unpaired) electrons. The second-order valence-corrected chi connectivity index (χ2v) is 10.7. The zero-order chi connectivity index (χ0) is 23.1. The van der Waals surface area contributed by atoms with Gasteiger partial charge in [0, 0.05) is 36.1 Å². The summed E-state index contributed by atoms with van der Waals surface area (Å²) in [7, 11) is 0. The van der Waals surface area contributed by atoms with Crippen LogP contribution in [0.5, 0.6) is 0 Å². The zero-order valence-corrected chi connectivity index (χ0v) is 20.6. The number of thiophene rings is 1. The summed E-state index contributed by atoms with van der Waals surface area (Å²) in [6.07, 6.45) is 6.60. The SMILES string of the molecule is Cc1cccc2ccnc(N(C(=O)N3CCC4(CC3)OCCc3ccsc34)[C@@H]3CCCNC3)c12. The molecule has 0 bridgehead atoms. The largest absolute Gasteiger partial charge is 0.369 e. The first-order valence-corrected chi connectivity index (χ1v) is 13.4. The Bertz CT molecular complexity index is 1190. The number of anilines is 1. The molecule has 2 fully saturated rings. The number of hydrogen-bond donors (Lipinski definition) is 1. The van der Waals surface area contributed by atoms with Crippen molar-refractivity contribution < 1.29 is 9.53 Å². The topological polar surface area (TPSA) is 57.7 Å². The molecule has 178 valence electrons. The second-order valence-electron chi connectivity index (χ2n) is 9.82. The van der Waals surface area contributed by atoms with Crippen LogP contribution in [0.4, 0.5) is 10.6 Å². The molecule has 2 saturated heterocycles. The molecule has 3 aliphatic heterocycles. The van der Waals surface area contributed by atoms with Crippen molar-refractivity contribution in [3.05, 3.63) is 57.9 Å². The number of carbonyl (C=O) groups is 1. The number of hydrogen-bond acceptors (Lipinski definition) is 5. The number of ether oxygens (including phenoxy) is 1. The maximum Gasteiger partial charge on any atom is 0.325 e. The average molecular weight is 477 g/mol. The standard InChI is InChI=1S/C27H32N4O2S/c1-19-4-2-5-20-7-13-29-25(23(19)20)31(22-6-3-12-28-18-22)26(32)30-14-10-27(11-15-30)24-21(8-16-33-27)9-17-34-24/h2,4-5,7,9,13,17,22,28H,3,6,8,10-12,14-16,18H2,1H3/t22-/m1/s1. The van der Waals surface area contributed by atoms with Crippen molar-refractivity contribution in [2.24, 2.45) is 0 Å². The molecule has 0 aliphatic carbocycles. The third-order valence-electron chi connectivity index (χ3n) is 7.80. The molecule has 1 spiro atoms. The minimum atomic E-state index is -0.218. The van der Waals surface area contributed by atoms with Gasteiger partial charge in [0.1, 0.15) is 11.4 Å². The quantitative estimate of drug-likeness (QED) is 0.575. The fourth-order valence-electron chi connectivity index (χ4n) is 5.98. The summed E-state index contributed by atoms with van der Waals surface area (Å²) >= 11 is 1.81. The fourth-order valence-corrected chi connectivity index (χ4v) is 7.15. The van der Waals surface area contributed by atoms with E-state index in [4.69, 9.17) is 9.72 Å². The van der Waals surface area contributed by atoms with Gasteiger partial charge in [-0.15, -0.1) is 11.3 Å². The van der Waals surface area contributed by atoms with Crippen molar-refractivity contribution in [3.8, 4) is 0 Å². The smallest absolute Gasteiger partial charge is 0.325 e. The van der Waals surface area contributed by atoms with Gasteiger partial charge in [0.2, 0.25) is 0 Å². The van der Waals surface area contributed by atoms with Crippen LogP contribution in [0.25, 0.3) is 10.8 Å². The molecule has 0 saturated carbocycles. The first kappa shape index (κ1) is 22.0. The third kappa shape index (κ3) is 3.70. The van der Waals surface area contributed by atoms with Gasteiger partial charge in [0.15, 0.2) is 0 Å². The van der Waals surface area contributed by atoms with Gasteiger partial charge in [-0.25, -0.2) is 9.78 Å². The van der Waals surface area contributed by atoms with Gasteiger partial charge >= 0.3 is 6.03 Å². The average Bonchev–Trinajstić information content (AvgIpc) is 3.36. The van der Waals surface area contributed by atoms with E-state index in [1.165, 1.54) is 10.4 Å². The summed E-state index contributed by atoms with van der Waals surface area (Å²) < 4.78 is 6.39. The summed E-state index contributed by atoms with van der Waals surface area (Å²) in [5.41, 5.74) is 2.37. The Balaban J connectivity index is 1.32. The van der Waals surface area contributed by atoms with Crippen molar-refractivity contribution >= 4 is 34.0 Å². The van der Waals surface area contributed by atoms with E-state index >= 15 is 0 Å². The number of nitrogens with zero attached hydrogens (tertiary/aromatic N) is 3. The maximum absolute atomic E-state index is 14.2. The lowest BCUT2D eigenvalue weighted by Crippen LogP contribution is -2.57. The number of fused-ring (bicyclic) bond motifs is 3. The number of carbonyl (C=O) groups excluding carboxylic acids is 1. The number of benzene rings is 1. The molecule has 5 heterocycles. The molecule has 1 N–H and O–H groups in total. The van der Waals surface area contributed by atoms with Gasteiger partial charge in [-0.3, -0.25) is 4.90 Å². The van der Waals surface area contributed by atoms with Crippen molar-refractivity contribution in [1.82, 2.24) is 15.2 Å². The molecular formula is C27H32N4O2S. The molecule has 1 atom stereocenters. The molecular weight excluding hydrogens is 444 g/mol. The fraction of sp³-hybridized carbons (Fsp3) is 0.481. The van der Waals surface area contributed by atoms with Gasteiger partial charge < -0.3 is 15.0 Å². The van der Waals surface area contributed by atoms with E-state index in [1.807, 2.05) is 33.4 Å². The van der Waals surface area contributed by atoms with Crippen LogP contribution in [0.15, 0.2) is 41.9 Å². The molecule has 2 amide bonds. The number of amides is 2. The van der Waals surface area contributed by atoms with E-state index in [1.54, 1.807) is 0 Å². The third-order valence-corrected chi connectivity index (χ3v) is 8.94. The first-order valence-electron chi connectivity index (χ1n) is 12.5. The molecule has 6 rings (SSSR count). The normalized spacial score (nSPS) is 22.0. The van der Waals surface area contributed by atoms with Gasteiger partial charge in [0.25, 0.3) is 0 Å². The number of urea groups is 1. The Kier molecular flexibility index (Phi) is 5.79. The molecule has 6 nitrogen and oxygen atoms in total. The summed E-state index contributed by atoms with van der Waals surface area (Å²) in [5.74, 6) is 0.795. The molecule has 1 aromatic carbocycles. The van der Waals surface area contributed by atoms with E-state index in [-0.39, 0.29) is 17.7 Å². The molecule has 3 aromatic rings. The van der Waals surface area contributed by atoms with Crippen molar-refractivity contribution in [1.29, 1.82) is 0 Å². The zero-order valence-electron chi connectivity index (χ0n) is 19.8. The molecule has 3 aliphatic rings. The van der Waals surface area contributed by atoms with E-state index < -0.39 is 0 Å². The predicted molar refractivity (Wildman–Crippen MR) is 137 cm³/mol. The van der Waals surface area contributed by atoms with Crippen LogP contribution < -0.4 is 10.2 Å². The highest BCUT2D eigenvalue weighted by Crippen LogP contribution is 2.44. The number of aryl methyl sites for hydroxylation is 1. The highest BCUT2D eigenvalue weighted by Gasteiger charge is 2.44. The number of likely N-dealkylation sites (tertiary alicyclic amines) is 1. The van der Waals surface area contributed by atoms with Gasteiger partial charge in [-0.1, -0.05) is 18.2 Å². The van der Waals surface area contributed by atoms with E-state index in [2.05, 4.69) is 41.9 Å². The number of nitrogens with one attached hydrogen (secondary N) is 1. The lowest BCUT2D eigenvalue weighted by molar-refractivity contribution is -0.0894. The van der Waals surface area contributed by atoms with Crippen LogP contribution in [0, 0.1) is 6.92 Å². The molecule has 7 heteroatoms. The van der Waals surface area contributed by atoms with E-state index in [0.29, 0.717) is 13.1 Å². The number of aromatic nitrogens is 1. The minimum absolute atomic E-state index is 0.0778. The first-order chi connectivity index (χ1) is 16.7. The summed E-state index contributed by atoms with van der Waals surface area (Å²) in [6, 6.07) is 10.8. The Labute approximate surface area is 204 Å². The van der Waals surface area contributed by atoms with Gasteiger partial charge in [0.05, 0.1) is 12.6 Å². The lowest BCUT2D eigenvalue weighted by atomic mass is 9.85. The Morgan fingerprint density at radius 2 is 2.15 bits per heavy atom. The maximum atomic E-state index is 14.2. The predicted octanol–water partition coefficient (Wildman–Crippen LogP) is 4.85. The number of piperidine rings is 2.